The average Bonchev–Trinajstić information content (AvgIpc) is 2.93. The van der Waals surface area contributed by atoms with Gasteiger partial charge >= 0.3 is 0 Å². The number of hydrogen-bond donors (Lipinski definition) is 0. The molecule has 3 heterocycles. The molecule has 0 aliphatic rings. The molecule has 0 amide bonds. The van der Waals surface area contributed by atoms with Crippen LogP contribution in [0.4, 0.5) is 0 Å². The minimum absolute atomic E-state index is 0.638. The van der Waals surface area contributed by atoms with Gasteiger partial charge in [0, 0.05) is 16.6 Å². The lowest BCUT2D eigenvalue weighted by molar-refractivity contribution is 0.112. The SMILES string of the molecule is Cc1scnc1-c1cc2c(C=O)cccn2n1. The van der Waals surface area contributed by atoms with Gasteiger partial charge in [0.1, 0.15) is 11.4 Å². The highest BCUT2D eigenvalue weighted by Gasteiger charge is 2.11. The number of aromatic nitrogens is 3. The van der Waals surface area contributed by atoms with E-state index in [2.05, 4.69) is 10.1 Å². The van der Waals surface area contributed by atoms with E-state index in [4.69, 9.17) is 0 Å². The van der Waals surface area contributed by atoms with E-state index >= 15 is 0 Å². The van der Waals surface area contributed by atoms with Gasteiger partial charge in [0.15, 0.2) is 6.29 Å². The number of fused-ring (bicyclic) bond motifs is 1. The standard InChI is InChI=1S/C12H9N3OS/c1-8-12(13-7-17-8)10-5-11-9(6-16)3-2-4-15(11)14-10/h2-7H,1H3. The number of thiazole rings is 1. The fraction of sp³-hybridized carbons (Fsp3) is 0.0833. The Bertz CT molecular complexity index is 699. The molecule has 0 aromatic carbocycles. The zero-order valence-corrected chi connectivity index (χ0v) is 9.94. The minimum atomic E-state index is 0.638. The third-order valence-corrected chi connectivity index (χ3v) is 3.41. The molecule has 5 heteroatoms. The molecule has 0 saturated heterocycles. The van der Waals surface area contributed by atoms with Crippen LogP contribution >= 0.6 is 11.3 Å². The van der Waals surface area contributed by atoms with Crippen molar-refractivity contribution in [3.63, 3.8) is 0 Å². The third kappa shape index (κ3) is 1.55. The Morgan fingerprint density at radius 3 is 3.06 bits per heavy atom. The summed E-state index contributed by atoms with van der Waals surface area (Å²) in [4.78, 5) is 16.3. The maximum atomic E-state index is 10.9. The van der Waals surface area contributed by atoms with Crippen molar-refractivity contribution in [2.24, 2.45) is 0 Å². The first-order chi connectivity index (χ1) is 8.29. The smallest absolute Gasteiger partial charge is 0.152 e. The van der Waals surface area contributed by atoms with Gasteiger partial charge in [-0.05, 0) is 25.1 Å². The zero-order valence-electron chi connectivity index (χ0n) is 9.12. The van der Waals surface area contributed by atoms with Crippen molar-refractivity contribution in [2.45, 2.75) is 6.92 Å². The number of pyridine rings is 1. The Morgan fingerprint density at radius 1 is 1.47 bits per heavy atom. The lowest BCUT2D eigenvalue weighted by Gasteiger charge is -1.93. The third-order valence-electron chi connectivity index (χ3n) is 2.65. The van der Waals surface area contributed by atoms with Gasteiger partial charge in [0.2, 0.25) is 0 Å². The summed E-state index contributed by atoms with van der Waals surface area (Å²) in [7, 11) is 0. The van der Waals surface area contributed by atoms with Crippen LogP contribution in [0.1, 0.15) is 15.2 Å². The van der Waals surface area contributed by atoms with Crippen LogP contribution < -0.4 is 0 Å². The predicted molar refractivity (Wildman–Crippen MR) is 66.4 cm³/mol. The van der Waals surface area contributed by atoms with Gasteiger partial charge < -0.3 is 0 Å². The van der Waals surface area contributed by atoms with Crippen molar-refractivity contribution >= 4 is 23.1 Å². The number of aryl methyl sites for hydroxylation is 1. The summed E-state index contributed by atoms with van der Waals surface area (Å²) in [6, 6.07) is 5.48. The first-order valence-corrected chi connectivity index (χ1v) is 6.01. The maximum Gasteiger partial charge on any atom is 0.152 e. The predicted octanol–water partition coefficient (Wildman–Crippen LogP) is 2.58. The Labute approximate surface area is 102 Å². The average molecular weight is 243 g/mol. The van der Waals surface area contributed by atoms with E-state index in [-0.39, 0.29) is 0 Å². The summed E-state index contributed by atoms with van der Waals surface area (Å²) in [5, 5.41) is 4.43. The molecule has 0 atom stereocenters. The monoisotopic (exact) mass is 243 g/mol. The fourth-order valence-electron chi connectivity index (χ4n) is 1.80. The second kappa shape index (κ2) is 3.78. The van der Waals surface area contributed by atoms with Gasteiger partial charge in [-0.1, -0.05) is 0 Å². The van der Waals surface area contributed by atoms with E-state index < -0.39 is 0 Å². The van der Waals surface area contributed by atoms with Crippen molar-refractivity contribution in [2.75, 3.05) is 0 Å². The molecule has 3 aromatic rings. The largest absolute Gasteiger partial charge is 0.298 e. The van der Waals surface area contributed by atoms with Gasteiger partial charge in [-0.3, -0.25) is 4.79 Å². The number of nitrogens with zero attached hydrogens (tertiary/aromatic N) is 3. The summed E-state index contributed by atoms with van der Waals surface area (Å²) in [5.41, 5.74) is 4.94. The summed E-state index contributed by atoms with van der Waals surface area (Å²) < 4.78 is 1.71. The quantitative estimate of drug-likeness (QED) is 0.650. The van der Waals surface area contributed by atoms with E-state index in [1.54, 1.807) is 33.5 Å². The highest BCUT2D eigenvalue weighted by atomic mass is 32.1. The number of hydrogen-bond acceptors (Lipinski definition) is 4. The van der Waals surface area contributed by atoms with Crippen molar-refractivity contribution in [1.82, 2.24) is 14.6 Å². The molecule has 0 spiro atoms. The second-order valence-electron chi connectivity index (χ2n) is 3.70. The summed E-state index contributed by atoms with van der Waals surface area (Å²) in [6.07, 6.45) is 2.67. The number of carbonyl (C=O) groups excluding carboxylic acids is 1. The van der Waals surface area contributed by atoms with Crippen LogP contribution in [0.3, 0.4) is 0 Å². The molecule has 17 heavy (non-hydrogen) atoms. The fourth-order valence-corrected chi connectivity index (χ4v) is 2.39. The first-order valence-electron chi connectivity index (χ1n) is 5.13. The van der Waals surface area contributed by atoms with Crippen LogP contribution in [0.2, 0.25) is 0 Å². The molecule has 0 unspecified atom stereocenters. The van der Waals surface area contributed by atoms with Crippen LogP contribution in [0.25, 0.3) is 16.9 Å². The summed E-state index contributed by atoms with van der Waals surface area (Å²) in [6.45, 7) is 2.01. The molecule has 3 rings (SSSR count). The Kier molecular flexibility index (Phi) is 2.26. The molecular formula is C12H9N3OS. The Balaban J connectivity index is 2.27. The molecule has 3 aromatic heterocycles. The zero-order chi connectivity index (χ0) is 11.8. The van der Waals surface area contributed by atoms with Crippen molar-refractivity contribution in [3.8, 4) is 11.4 Å². The molecule has 0 fully saturated rings. The summed E-state index contributed by atoms with van der Waals surface area (Å²) in [5.74, 6) is 0. The molecule has 0 saturated carbocycles. The van der Waals surface area contributed by atoms with Crippen LogP contribution in [0.5, 0.6) is 0 Å². The first kappa shape index (κ1) is 10.2. The van der Waals surface area contributed by atoms with Crippen molar-refractivity contribution in [1.29, 1.82) is 0 Å². The van der Waals surface area contributed by atoms with E-state index in [9.17, 15) is 4.79 Å². The van der Waals surface area contributed by atoms with E-state index in [1.807, 2.05) is 19.2 Å². The van der Waals surface area contributed by atoms with Gasteiger partial charge in [-0.25, -0.2) is 9.50 Å². The molecule has 4 nitrogen and oxygen atoms in total. The molecular weight excluding hydrogens is 234 g/mol. The number of aldehydes is 1. The molecule has 0 N–H and O–H groups in total. The van der Waals surface area contributed by atoms with Crippen molar-refractivity contribution < 1.29 is 4.79 Å². The Hall–Kier alpha value is -2.01. The lowest BCUT2D eigenvalue weighted by atomic mass is 10.2. The van der Waals surface area contributed by atoms with Gasteiger partial charge in [-0.15, -0.1) is 11.3 Å². The molecule has 84 valence electrons. The van der Waals surface area contributed by atoms with Crippen molar-refractivity contribution in [3.05, 3.63) is 40.3 Å². The summed E-state index contributed by atoms with van der Waals surface area (Å²) >= 11 is 1.59. The minimum Gasteiger partial charge on any atom is -0.298 e. The highest BCUT2D eigenvalue weighted by Crippen LogP contribution is 2.25. The van der Waals surface area contributed by atoms with Gasteiger partial charge in [0.25, 0.3) is 0 Å². The maximum absolute atomic E-state index is 10.9. The van der Waals surface area contributed by atoms with Gasteiger partial charge in [0.05, 0.1) is 11.0 Å². The van der Waals surface area contributed by atoms with Gasteiger partial charge in [-0.2, -0.15) is 5.10 Å². The normalized spacial score (nSPS) is 10.9. The molecule has 0 aliphatic carbocycles. The molecule has 0 radical (unpaired) electrons. The van der Waals surface area contributed by atoms with Crippen LogP contribution in [0, 0.1) is 6.92 Å². The number of carbonyl (C=O) groups is 1. The molecule has 0 bridgehead atoms. The number of rotatable bonds is 2. The van der Waals surface area contributed by atoms with Crippen LogP contribution in [-0.4, -0.2) is 20.9 Å². The van der Waals surface area contributed by atoms with Crippen LogP contribution in [-0.2, 0) is 0 Å². The van der Waals surface area contributed by atoms with E-state index in [0.717, 1.165) is 28.1 Å². The molecule has 0 aliphatic heterocycles. The van der Waals surface area contributed by atoms with Crippen LogP contribution in [0.15, 0.2) is 29.9 Å². The van der Waals surface area contributed by atoms with E-state index in [0.29, 0.717) is 5.56 Å². The Morgan fingerprint density at radius 2 is 2.35 bits per heavy atom. The topological polar surface area (TPSA) is 47.3 Å². The lowest BCUT2D eigenvalue weighted by Crippen LogP contribution is -1.90. The highest BCUT2D eigenvalue weighted by molar-refractivity contribution is 7.10. The van der Waals surface area contributed by atoms with E-state index in [1.165, 1.54) is 0 Å². The second-order valence-corrected chi connectivity index (χ2v) is 4.76.